The van der Waals surface area contributed by atoms with E-state index in [2.05, 4.69) is 20.8 Å². The standard InChI is InChI=1S/C18H27FO/c1-13-7-8-15(19)12-16(13)18(20)10-5-6-14(9-11-18)17(2,3)4/h7-8,12,14,20H,5-6,9-11H2,1-4H3. The maximum atomic E-state index is 13.5. The molecule has 1 nitrogen and oxygen atoms in total. The highest BCUT2D eigenvalue weighted by Gasteiger charge is 2.36. The van der Waals surface area contributed by atoms with Gasteiger partial charge in [-0.2, -0.15) is 0 Å². The fourth-order valence-corrected chi connectivity index (χ4v) is 3.55. The molecule has 1 aromatic carbocycles. The smallest absolute Gasteiger partial charge is 0.123 e. The van der Waals surface area contributed by atoms with Gasteiger partial charge in [-0.15, -0.1) is 0 Å². The molecular weight excluding hydrogens is 251 g/mol. The van der Waals surface area contributed by atoms with Crippen LogP contribution in [0.15, 0.2) is 18.2 Å². The molecule has 0 aromatic heterocycles. The summed E-state index contributed by atoms with van der Waals surface area (Å²) in [6, 6.07) is 4.76. The molecule has 1 saturated carbocycles. The quantitative estimate of drug-likeness (QED) is 0.721. The highest BCUT2D eigenvalue weighted by Crippen LogP contribution is 2.44. The Bertz CT molecular complexity index is 475. The predicted octanol–water partition coefficient (Wildman–Crippen LogP) is 4.95. The summed E-state index contributed by atoms with van der Waals surface area (Å²) >= 11 is 0. The van der Waals surface area contributed by atoms with Crippen LogP contribution in [-0.4, -0.2) is 5.11 Å². The summed E-state index contributed by atoms with van der Waals surface area (Å²) in [6.45, 7) is 8.78. The second-order valence-corrected chi connectivity index (χ2v) is 7.48. The van der Waals surface area contributed by atoms with E-state index in [1.807, 2.05) is 6.92 Å². The molecule has 0 aliphatic heterocycles. The molecule has 0 saturated heterocycles. The zero-order valence-corrected chi connectivity index (χ0v) is 13.2. The molecule has 2 unspecified atom stereocenters. The average Bonchev–Trinajstić information content (AvgIpc) is 2.55. The maximum absolute atomic E-state index is 13.5. The van der Waals surface area contributed by atoms with Crippen molar-refractivity contribution >= 4 is 0 Å². The SMILES string of the molecule is Cc1ccc(F)cc1C1(O)CCCC(C(C)(C)C)CC1. The molecule has 1 fully saturated rings. The second-order valence-electron chi connectivity index (χ2n) is 7.48. The van der Waals surface area contributed by atoms with Crippen molar-refractivity contribution in [2.24, 2.45) is 11.3 Å². The zero-order valence-electron chi connectivity index (χ0n) is 13.2. The van der Waals surface area contributed by atoms with E-state index in [4.69, 9.17) is 0 Å². The lowest BCUT2D eigenvalue weighted by molar-refractivity contribution is 0.0171. The lowest BCUT2D eigenvalue weighted by atomic mass is 9.76. The summed E-state index contributed by atoms with van der Waals surface area (Å²) in [5.41, 5.74) is 1.20. The molecule has 112 valence electrons. The summed E-state index contributed by atoms with van der Waals surface area (Å²) in [6.07, 6.45) is 4.65. The van der Waals surface area contributed by atoms with E-state index in [-0.39, 0.29) is 11.2 Å². The molecule has 0 radical (unpaired) electrons. The number of aliphatic hydroxyl groups is 1. The van der Waals surface area contributed by atoms with E-state index in [0.29, 0.717) is 5.92 Å². The third-order valence-electron chi connectivity index (χ3n) is 4.98. The minimum atomic E-state index is -0.855. The van der Waals surface area contributed by atoms with Gasteiger partial charge in [-0.25, -0.2) is 4.39 Å². The molecule has 2 rings (SSSR count). The van der Waals surface area contributed by atoms with Crippen LogP contribution in [0.2, 0.25) is 0 Å². The van der Waals surface area contributed by atoms with Crippen molar-refractivity contribution in [3.8, 4) is 0 Å². The molecule has 1 aromatic rings. The largest absolute Gasteiger partial charge is 0.385 e. The Kier molecular flexibility index (Phi) is 4.24. The molecular formula is C18H27FO. The summed E-state index contributed by atoms with van der Waals surface area (Å²) in [7, 11) is 0. The number of aryl methyl sites for hydroxylation is 1. The van der Waals surface area contributed by atoms with Crippen molar-refractivity contribution in [1.29, 1.82) is 0 Å². The lowest BCUT2D eigenvalue weighted by Crippen LogP contribution is -2.27. The van der Waals surface area contributed by atoms with Crippen LogP contribution in [0.4, 0.5) is 4.39 Å². The van der Waals surface area contributed by atoms with Crippen molar-refractivity contribution in [3.63, 3.8) is 0 Å². The summed E-state index contributed by atoms with van der Waals surface area (Å²) in [5.74, 6) is 0.376. The molecule has 1 aliphatic carbocycles. The van der Waals surface area contributed by atoms with Crippen LogP contribution in [0.1, 0.15) is 64.0 Å². The number of hydrogen-bond donors (Lipinski definition) is 1. The van der Waals surface area contributed by atoms with Crippen LogP contribution in [0.5, 0.6) is 0 Å². The van der Waals surface area contributed by atoms with Crippen LogP contribution in [0.25, 0.3) is 0 Å². The Hall–Kier alpha value is -0.890. The van der Waals surface area contributed by atoms with Gasteiger partial charge in [0, 0.05) is 0 Å². The van der Waals surface area contributed by atoms with Crippen LogP contribution in [-0.2, 0) is 5.60 Å². The van der Waals surface area contributed by atoms with E-state index < -0.39 is 5.60 Å². The minimum absolute atomic E-state index is 0.254. The van der Waals surface area contributed by atoms with Gasteiger partial charge in [0.15, 0.2) is 0 Å². The molecule has 1 aliphatic rings. The van der Waals surface area contributed by atoms with Crippen LogP contribution >= 0.6 is 0 Å². The van der Waals surface area contributed by atoms with Crippen molar-refractivity contribution < 1.29 is 9.50 Å². The average molecular weight is 278 g/mol. The van der Waals surface area contributed by atoms with Gasteiger partial charge in [-0.1, -0.05) is 26.8 Å². The third-order valence-corrected chi connectivity index (χ3v) is 4.98. The third kappa shape index (κ3) is 3.22. The molecule has 0 heterocycles. The van der Waals surface area contributed by atoms with Gasteiger partial charge in [0.1, 0.15) is 5.82 Å². The molecule has 0 spiro atoms. The maximum Gasteiger partial charge on any atom is 0.123 e. The van der Waals surface area contributed by atoms with Crippen LogP contribution in [0, 0.1) is 24.1 Å². The van der Waals surface area contributed by atoms with Crippen molar-refractivity contribution in [2.45, 2.75) is 65.4 Å². The Morgan fingerprint density at radius 3 is 2.55 bits per heavy atom. The highest BCUT2D eigenvalue weighted by molar-refractivity contribution is 5.32. The molecule has 2 heteroatoms. The first kappa shape index (κ1) is 15.5. The van der Waals surface area contributed by atoms with Crippen LogP contribution in [0.3, 0.4) is 0 Å². The van der Waals surface area contributed by atoms with E-state index in [1.165, 1.54) is 12.1 Å². The fourth-order valence-electron chi connectivity index (χ4n) is 3.55. The predicted molar refractivity (Wildman–Crippen MR) is 81.1 cm³/mol. The Morgan fingerprint density at radius 2 is 1.90 bits per heavy atom. The molecule has 20 heavy (non-hydrogen) atoms. The Morgan fingerprint density at radius 1 is 1.20 bits per heavy atom. The minimum Gasteiger partial charge on any atom is -0.385 e. The summed E-state index contributed by atoms with van der Waals surface area (Å²) in [5, 5.41) is 11.0. The fraction of sp³-hybridized carbons (Fsp3) is 0.667. The van der Waals surface area contributed by atoms with E-state index in [0.717, 1.165) is 43.2 Å². The molecule has 0 amide bonds. The normalized spacial score (nSPS) is 28.2. The van der Waals surface area contributed by atoms with Gasteiger partial charge in [0.2, 0.25) is 0 Å². The number of halogens is 1. The monoisotopic (exact) mass is 278 g/mol. The highest BCUT2D eigenvalue weighted by atomic mass is 19.1. The zero-order chi connectivity index (χ0) is 15.0. The van der Waals surface area contributed by atoms with Gasteiger partial charge in [-0.3, -0.25) is 0 Å². The van der Waals surface area contributed by atoms with Gasteiger partial charge in [-0.05, 0) is 73.6 Å². The van der Waals surface area contributed by atoms with E-state index in [9.17, 15) is 9.50 Å². The summed E-state index contributed by atoms with van der Waals surface area (Å²) in [4.78, 5) is 0. The molecule has 0 bridgehead atoms. The van der Waals surface area contributed by atoms with Crippen molar-refractivity contribution in [2.75, 3.05) is 0 Å². The van der Waals surface area contributed by atoms with Crippen LogP contribution < -0.4 is 0 Å². The Labute approximate surface area is 122 Å². The van der Waals surface area contributed by atoms with Gasteiger partial charge in [0.05, 0.1) is 5.60 Å². The van der Waals surface area contributed by atoms with E-state index >= 15 is 0 Å². The van der Waals surface area contributed by atoms with Gasteiger partial charge in [0.25, 0.3) is 0 Å². The van der Waals surface area contributed by atoms with Crippen molar-refractivity contribution in [3.05, 3.63) is 35.1 Å². The number of rotatable bonds is 1. The lowest BCUT2D eigenvalue weighted by Gasteiger charge is -2.31. The Balaban J connectivity index is 2.25. The first-order chi connectivity index (χ1) is 9.22. The number of benzene rings is 1. The second kappa shape index (κ2) is 5.48. The first-order valence-electron chi connectivity index (χ1n) is 7.71. The number of hydrogen-bond acceptors (Lipinski definition) is 1. The van der Waals surface area contributed by atoms with Crippen molar-refractivity contribution in [1.82, 2.24) is 0 Å². The summed E-state index contributed by atoms with van der Waals surface area (Å²) < 4.78 is 13.5. The topological polar surface area (TPSA) is 20.2 Å². The molecule has 2 atom stereocenters. The van der Waals surface area contributed by atoms with Gasteiger partial charge < -0.3 is 5.11 Å². The van der Waals surface area contributed by atoms with E-state index in [1.54, 1.807) is 6.07 Å². The molecule has 1 N–H and O–H groups in total. The van der Waals surface area contributed by atoms with Gasteiger partial charge >= 0.3 is 0 Å². The first-order valence-corrected chi connectivity index (χ1v) is 7.71.